The van der Waals surface area contributed by atoms with Crippen molar-refractivity contribution in [3.05, 3.63) is 24.3 Å². The fourth-order valence-electron chi connectivity index (χ4n) is 10.0. The van der Waals surface area contributed by atoms with Gasteiger partial charge < -0.3 is 20.3 Å². The molecular formula is C65H125NO5. The van der Waals surface area contributed by atoms with Crippen molar-refractivity contribution in [2.75, 3.05) is 13.2 Å². The Morgan fingerprint density at radius 3 is 1.03 bits per heavy atom. The molecule has 0 spiro atoms. The molecule has 71 heavy (non-hydrogen) atoms. The highest BCUT2D eigenvalue weighted by molar-refractivity contribution is 5.76. The van der Waals surface area contributed by atoms with E-state index >= 15 is 0 Å². The number of aliphatic hydroxyl groups is 2. The molecule has 2 unspecified atom stereocenters. The molecule has 0 fully saturated rings. The van der Waals surface area contributed by atoms with Crippen LogP contribution in [0.5, 0.6) is 0 Å². The van der Waals surface area contributed by atoms with E-state index in [2.05, 4.69) is 31.3 Å². The van der Waals surface area contributed by atoms with Crippen LogP contribution < -0.4 is 5.32 Å². The molecule has 420 valence electrons. The van der Waals surface area contributed by atoms with Gasteiger partial charge in [0.2, 0.25) is 5.91 Å². The third-order valence-corrected chi connectivity index (χ3v) is 15.0. The third kappa shape index (κ3) is 57.5. The minimum atomic E-state index is -0.847. The minimum Gasteiger partial charge on any atom is -0.466 e. The van der Waals surface area contributed by atoms with Crippen LogP contribution in [-0.2, 0) is 14.3 Å². The van der Waals surface area contributed by atoms with Crippen LogP contribution in [0.4, 0.5) is 0 Å². The minimum absolute atomic E-state index is 0.000371. The van der Waals surface area contributed by atoms with E-state index in [1.165, 1.54) is 283 Å². The van der Waals surface area contributed by atoms with Crippen LogP contribution in [0.15, 0.2) is 24.3 Å². The number of ether oxygens (including phenoxy) is 1. The number of hydrogen-bond donors (Lipinski definition) is 3. The number of allylic oxidation sites excluding steroid dienone is 3. The lowest BCUT2D eigenvalue weighted by molar-refractivity contribution is -0.143. The lowest BCUT2D eigenvalue weighted by atomic mass is 10.0. The molecule has 0 aromatic rings. The molecule has 0 rings (SSSR count). The van der Waals surface area contributed by atoms with E-state index in [1.807, 2.05) is 6.08 Å². The summed E-state index contributed by atoms with van der Waals surface area (Å²) < 4.78 is 5.47. The summed E-state index contributed by atoms with van der Waals surface area (Å²) in [6, 6.07) is -0.630. The van der Waals surface area contributed by atoms with Gasteiger partial charge in [-0.1, -0.05) is 308 Å². The van der Waals surface area contributed by atoms with Gasteiger partial charge in [0.15, 0.2) is 0 Å². The van der Waals surface area contributed by atoms with E-state index in [4.69, 9.17) is 4.74 Å². The number of hydrogen-bond acceptors (Lipinski definition) is 5. The molecule has 2 atom stereocenters. The number of carbonyl (C=O) groups is 2. The van der Waals surface area contributed by atoms with E-state index in [1.54, 1.807) is 6.08 Å². The summed E-state index contributed by atoms with van der Waals surface area (Å²) >= 11 is 0. The normalized spacial score (nSPS) is 12.7. The van der Waals surface area contributed by atoms with Crippen molar-refractivity contribution in [3.63, 3.8) is 0 Å². The van der Waals surface area contributed by atoms with Gasteiger partial charge in [-0.25, -0.2) is 0 Å². The zero-order valence-corrected chi connectivity index (χ0v) is 48.0. The van der Waals surface area contributed by atoms with Crippen molar-refractivity contribution in [2.45, 2.75) is 366 Å². The highest BCUT2D eigenvalue weighted by atomic mass is 16.5. The number of unbranched alkanes of at least 4 members (excludes halogenated alkanes) is 47. The smallest absolute Gasteiger partial charge is 0.305 e. The Bertz CT molecular complexity index is 1110. The number of esters is 1. The number of rotatable bonds is 60. The number of nitrogens with one attached hydrogen (secondary N) is 1. The average Bonchev–Trinajstić information content (AvgIpc) is 3.37. The first-order chi connectivity index (χ1) is 35.0. The van der Waals surface area contributed by atoms with E-state index in [9.17, 15) is 19.8 Å². The largest absolute Gasteiger partial charge is 0.466 e. The highest BCUT2D eigenvalue weighted by Gasteiger charge is 2.18. The van der Waals surface area contributed by atoms with Gasteiger partial charge in [0, 0.05) is 12.8 Å². The van der Waals surface area contributed by atoms with E-state index in [0.29, 0.717) is 19.4 Å². The molecule has 0 aromatic carbocycles. The molecular weight excluding hydrogens is 875 g/mol. The molecule has 1 amide bonds. The molecule has 0 bridgehead atoms. The molecule has 0 aromatic heterocycles. The van der Waals surface area contributed by atoms with Gasteiger partial charge in [-0.15, -0.1) is 0 Å². The maximum absolute atomic E-state index is 12.5. The Balaban J connectivity index is 3.43. The fourth-order valence-corrected chi connectivity index (χ4v) is 10.0. The Hall–Kier alpha value is -1.66. The number of aliphatic hydroxyl groups excluding tert-OH is 2. The molecule has 0 saturated carbocycles. The van der Waals surface area contributed by atoms with Crippen LogP contribution >= 0.6 is 0 Å². The molecule has 0 heterocycles. The Morgan fingerprint density at radius 1 is 0.380 bits per heavy atom. The van der Waals surface area contributed by atoms with Gasteiger partial charge in [0.25, 0.3) is 0 Å². The second-order valence-electron chi connectivity index (χ2n) is 22.1. The number of amides is 1. The monoisotopic (exact) mass is 1000 g/mol. The van der Waals surface area contributed by atoms with Gasteiger partial charge >= 0.3 is 5.97 Å². The van der Waals surface area contributed by atoms with Crippen molar-refractivity contribution in [3.8, 4) is 0 Å². The summed E-state index contributed by atoms with van der Waals surface area (Å²) in [5.74, 6) is -0.0661. The van der Waals surface area contributed by atoms with E-state index in [0.717, 1.165) is 44.9 Å². The average molecular weight is 1000 g/mol. The molecule has 0 aliphatic carbocycles. The van der Waals surface area contributed by atoms with Crippen molar-refractivity contribution in [2.24, 2.45) is 0 Å². The van der Waals surface area contributed by atoms with E-state index in [-0.39, 0.29) is 18.5 Å². The van der Waals surface area contributed by atoms with Crippen molar-refractivity contribution < 1.29 is 24.5 Å². The number of carbonyl (C=O) groups excluding carboxylic acids is 2. The van der Waals surface area contributed by atoms with Crippen molar-refractivity contribution >= 4 is 11.9 Å². The van der Waals surface area contributed by atoms with Crippen molar-refractivity contribution in [1.82, 2.24) is 5.32 Å². The molecule has 6 heteroatoms. The van der Waals surface area contributed by atoms with Gasteiger partial charge in [-0.05, 0) is 57.8 Å². The van der Waals surface area contributed by atoms with Crippen LogP contribution in [0.1, 0.15) is 354 Å². The van der Waals surface area contributed by atoms with Crippen LogP contribution in [0.3, 0.4) is 0 Å². The van der Waals surface area contributed by atoms with Crippen molar-refractivity contribution in [1.29, 1.82) is 0 Å². The van der Waals surface area contributed by atoms with Gasteiger partial charge in [-0.3, -0.25) is 9.59 Å². The predicted molar refractivity (Wildman–Crippen MR) is 310 cm³/mol. The van der Waals surface area contributed by atoms with Gasteiger partial charge in [-0.2, -0.15) is 0 Å². The lowest BCUT2D eigenvalue weighted by Gasteiger charge is -2.20. The summed E-state index contributed by atoms with van der Waals surface area (Å²) in [4.78, 5) is 24.5. The molecule has 0 saturated heterocycles. The summed E-state index contributed by atoms with van der Waals surface area (Å²) in [6.07, 6.45) is 75.1. The standard InChI is InChI=1S/C65H125NO5/c1-3-5-7-9-11-13-15-17-18-19-20-21-22-25-28-31-34-37-41-45-49-53-57-63(68)62(61-67)66-64(69)58-54-50-46-42-38-35-32-29-26-23-24-27-30-33-36-40-44-48-52-56-60-71-65(70)59-55-51-47-43-39-16-14-12-10-8-6-4-2/h12,14,53,57,62-63,67-68H,3-11,13,15-52,54-56,58-61H2,1-2H3,(H,66,69)/b14-12-,57-53+. The SMILES string of the molecule is CCCCC/C=C\CCCCCCCC(=O)OCCCCCCCCCCCCCCCCCCCCCCC(=O)NC(CO)C(O)/C=C/CCCCCCCCCCCCCCCCCCCCCC. The fraction of sp³-hybridized carbons (Fsp3) is 0.908. The topological polar surface area (TPSA) is 95.9 Å². The maximum Gasteiger partial charge on any atom is 0.305 e. The second kappa shape index (κ2) is 60.9. The summed E-state index contributed by atoms with van der Waals surface area (Å²) in [5.41, 5.74) is 0. The molecule has 3 N–H and O–H groups in total. The predicted octanol–water partition coefficient (Wildman–Crippen LogP) is 20.2. The first kappa shape index (κ1) is 69.3. The third-order valence-electron chi connectivity index (χ3n) is 15.0. The summed E-state index contributed by atoms with van der Waals surface area (Å²) in [6.45, 7) is 4.90. The molecule has 0 radical (unpaired) electrons. The Labute approximate surface area is 443 Å². The maximum atomic E-state index is 12.5. The Kier molecular flexibility index (Phi) is 59.5. The first-order valence-corrected chi connectivity index (χ1v) is 32.1. The second-order valence-corrected chi connectivity index (χ2v) is 22.1. The van der Waals surface area contributed by atoms with Gasteiger partial charge in [0.1, 0.15) is 0 Å². The Morgan fingerprint density at radius 2 is 0.662 bits per heavy atom. The molecule has 0 aliphatic heterocycles. The van der Waals surface area contributed by atoms with Crippen LogP contribution in [0.2, 0.25) is 0 Å². The van der Waals surface area contributed by atoms with E-state index < -0.39 is 12.1 Å². The molecule has 6 nitrogen and oxygen atoms in total. The quantitative estimate of drug-likeness (QED) is 0.0320. The summed E-state index contributed by atoms with van der Waals surface area (Å²) in [5, 5.41) is 23.2. The van der Waals surface area contributed by atoms with Crippen LogP contribution in [0, 0.1) is 0 Å². The van der Waals surface area contributed by atoms with Crippen LogP contribution in [-0.4, -0.2) is 47.4 Å². The molecule has 0 aliphatic rings. The zero-order chi connectivity index (χ0) is 51.4. The first-order valence-electron chi connectivity index (χ1n) is 32.1. The lowest BCUT2D eigenvalue weighted by Crippen LogP contribution is -2.45. The van der Waals surface area contributed by atoms with Crippen LogP contribution in [0.25, 0.3) is 0 Å². The zero-order valence-electron chi connectivity index (χ0n) is 48.0. The van der Waals surface area contributed by atoms with Gasteiger partial charge in [0.05, 0.1) is 25.4 Å². The summed E-state index contributed by atoms with van der Waals surface area (Å²) in [7, 11) is 0. The highest BCUT2D eigenvalue weighted by Crippen LogP contribution is 2.18.